The molecule has 0 bridgehead atoms. The standard InChI is InChI=1S/C20H24F3N3O2/c1-11(12-5-6-12)26-9-15-16(10-26)18(15)19(28)24-8-17(27)25-14-4-2-3-13(7-14)20(21,22)23/h2-4,7,11-12,15-16,18H,5-6,8-10H2,1H3,(H,24,28)(H,25,27)/t11?,15-,16+,18?. The molecule has 2 amide bonds. The van der Waals surface area contributed by atoms with Crippen molar-refractivity contribution < 1.29 is 22.8 Å². The molecule has 2 aliphatic carbocycles. The van der Waals surface area contributed by atoms with Crippen molar-refractivity contribution in [3.63, 3.8) is 0 Å². The summed E-state index contributed by atoms with van der Waals surface area (Å²) in [6, 6.07) is 5.03. The number of carbonyl (C=O) groups excluding carboxylic acids is 2. The maximum Gasteiger partial charge on any atom is 0.416 e. The molecule has 2 N–H and O–H groups in total. The molecule has 3 fully saturated rings. The Morgan fingerprint density at radius 2 is 1.89 bits per heavy atom. The number of carbonyl (C=O) groups is 2. The van der Waals surface area contributed by atoms with Crippen LogP contribution in [0.5, 0.6) is 0 Å². The summed E-state index contributed by atoms with van der Waals surface area (Å²) in [6.07, 6.45) is -1.86. The van der Waals surface area contributed by atoms with Crippen LogP contribution in [0.3, 0.4) is 0 Å². The molecule has 2 unspecified atom stereocenters. The van der Waals surface area contributed by atoms with Crippen molar-refractivity contribution in [1.82, 2.24) is 10.2 Å². The first-order valence-corrected chi connectivity index (χ1v) is 9.73. The van der Waals surface area contributed by atoms with Crippen molar-refractivity contribution in [3.8, 4) is 0 Å². The molecule has 1 heterocycles. The van der Waals surface area contributed by atoms with E-state index in [-0.39, 0.29) is 24.1 Å². The van der Waals surface area contributed by atoms with Gasteiger partial charge in [0.25, 0.3) is 0 Å². The molecule has 5 nitrogen and oxygen atoms in total. The molecule has 1 saturated heterocycles. The summed E-state index contributed by atoms with van der Waals surface area (Å²) in [5.41, 5.74) is -0.771. The van der Waals surface area contributed by atoms with Crippen molar-refractivity contribution in [2.75, 3.05) is 25.0 Å². The molecule has 0 spiro atoms. The molecule has 3 aliphatic rings. The number of hydrogen-bond donors (Lipinski definition) is 2. The number of halogens is 3. The van der Waals surface area contributed by atoms with Gasteiger partial charge >= 0.3 is 6.18 Å². The smallest absolute Gasteiger partial charge is 0.347 e. The highest BCUT2D eigenvalue weighted by Gasteiger charge is 2.60. The van der Waals surface area contributed by atoms with Gasteiger partial charge in [0.1, 0.15) is 0 Å². The Balaban J connectivity index is 1.21. The first-order chi connectivity index (χ1) is 13.2. The van der Waals surface area contributed by atoms with E-state index in [0.29, 0.717) is 17.9 Å². The SMILES string of the molecule is CC(C1CC1)N1C[C@@H]2C(C(=O)NCC(=O)Nc3cccc(C(F)(F)F)c3)[C@@H]2C1. The first-order valence-electron chi connectivity index (χ1n) is 9.73. The van der Waals surface area contributed by atoms with E-state index in [1.165, 1.54) is 25.0 Å². The number of alkyl halides is 3. The normalized spacial score (nSPS) is 27.8. The minimum atomic E-state index is -4.47. The van der Waals surface area contributed by atoms with Gasteiger partial charge in [-0.15, -0.1) is 0 Å². The molecule has 4 rings (SSSR count). The fourth-order valence-electron chi connectivity index (χ4n) is 4.42. The molecule has 1 aromatic carbocycles. The van der Waals surface area contributed by atoms with Gasteiger partial charge < -0.3 is 10.6 Å². The number of nitrogens with zero attached hydrogens (tertiary/aromatic N) is 1. The average molecular weight is 395 g/mol. The Morgan fingerprint density at radius 1 is 1.21 bits per heavy atom. The number of nitrogens with one attached hydrogen (secondary N) is 2. The summed E-state index contributed by atoms with van der Waals surface area (Å²) >= 11 is 0. The lowest BCUT2D eigenvalue weighted by atomic mass is 10.1. The number of hydrogen-bond acceptors (Lipinski definition) is 3. The Labute approximate surface area is 161 Å². The van der Waals surface area contributed by atoms with Crippen LogP contribution in [-0.4, -0.2) is 42.4 Å². The van der Waals surface area contributed by atoms with Crippen LogP contribution in [0.15, 0.2) is 24.3 Å². The summed E-state index contributed by atoms with van der Waals surface area (Å²) in [7, 11) is 0. The highest BCUT2D eigenvalue weighted by Crippen LogP contribution is 2.53. The number of likely N-dealkylation sites (tertiary alicyclic amines) is 1. The first kappa shape index (κ1) is 19.2. The molecule has 4 atom stereocenters. The quantitative estimate of drug-likeness (QED) is 0.779. The summed E-state index contributed by atoms with van der Waals surface area (Å²) in [5.74, 6) is 0.837. The van der Waals surface area contributed by atoms with Gasteiger partial charge in [0.15, 0.2) is 0 Å². The second-order valence-electron chi connectivity index (χ2n) is 8.23. The number of fused-ring (bicyclic) bond motifs is 1. The maximum atomic E-state index is 12.7. The predicted molar refractivity (Wildman–Crippen MR) is 97.3 cm³/mol. The van der Waals surface area contributed by atoms with Gasteiger partial charge in [-0.25, -0.2) is 0 Å². The van der Waals surface area contributed by atoms with Crippen molar-refractivity contribution in [1.29, 1.82) is 0 Å². The van der Waals surface area contributed by atoms with Gasteiger partial charge in [0, 0.05) is 30.7 Å². The van der Waals surface area contributed by atoms with Crippen LogP contribution in [0.1, 0.15) is 25.3 Å². The number of piperidine rings is 1. The van der Waals surface area contributed by atoms with Crippen LogP contribution < -0.4 is 10.6 Å². The Hall–Kier alpha value is -2.09. The van der Waals surface area contributed by atoms with Crippen LogP contribution in [-0.2, 0) is 15.8 Å². The van der Waals surface area contributed by atoms with E-state index in [9.17, 15) is 22.8 Å². The van der Waals surface area contributed by atoms with E-state index in [0.717, 1.165) is 31.1 Å². The Morgan fingerprint density at radius 3 is 2.50 bits per heavy atom. The van der Waals surface area contributed by atoms with Crippen LogP contribution in [0, 0.1) is 23.7 Å². The van der Waals surface area contributed by atoms with E-state index >= 15 is 0 Å². The molecular formula is C20H24F3N3O2. The van der Waals surface area contributed by atoms with Crippen molar-refractivity contribution in [2.45, 2.75) is 32.0 Å². The van der Waals surface area contributed by atoms with Crippen molar-refractivity contribution in [3.05, 3.63) is 29.8 Å². The monoisotopic (exact) mass is 395 g/mol. The summed E-state index contributed by atoms with van der Waals surface area (Å²) in [4.78, 5) is 26.8. The van der Waals surface area contributed by atoms with Gasteiger partial charge in [0.2, 0.25) is 11.8 Å². The Bertz CT molecular complexity index is 766. The molecule has 0 radical (unpaired) electrons. The van der Waals surface area contributed by atoms with E-state index in [1.807, 2.05) is 0 Å². The van der Waals surface area contributed by atoms with Gasteiger partial charge in [0.05, 0.1) is 12.1 Å². The second-order valence-corrected chi connectivity index (χ2v) is 8.23. The zero-order valence-electron chi connectivity index (χ0n) is 15.6. The zero-order chi connectivity index (χ0) is 20.1. The van der Waals surface area contributed by atoms with Crippen LogP contribution in [0.2, 0.25) is 0 Å². The fraction of sp³-hybridized carbons (Fsp3) is 0.600. The van der Waals surface area contributed by atoms with E-state index in [4.69, 9.17) is 0 Å². The lowest BCUT2D eigenvalue weighted by Crippen LogP contribution is -2.39. The molecule has 8 heteroatoms. The topological polar surface area (TPSA) is 61.4 Å². The lowest BCUT2D eigenvalue weighted by Gasteiger charge is -2.26. The van der Waals surface area contributed by atoms with Gasteiger partial charge in [-0.3, -0.25) is 14.5 Å². The highest BCUT2D eigenvalue weighted by molar-refractivity contribution is 5.95. The minimum absolute atomic E-state index is 0.0380. The van der Waals surface area contributed by atoms with E-state index in [2.05, 4.69) is 22.5 Å². The van der Waals surface area contributed by atoms with Crippen LogP contribution >= 0.6 is 0 Å². The molecule has 152 valence electrons. The van der Waals surface area contributed by atoms with E-state index in [1.54, 1.807) is 0 Å². The molecule has 28 heavy (non-hydrogen) atoms. The Kier molecular flexibility index (Phi) is 4.85. The molecule has 0 aromatic heterocycles. The molecule has 2 saturated carbocycles. The van der Waals surface area contributed by atoms with Gasteiger partial charge in [-0.05, 0) is 55.7 Å². The van der Waals surface area contributed by atoms with Crippen molar-refractivity contribution in [2.24, 2.45) is 23.7 Å². The van der Waals surface area contributed by atoms with Gasteiger partial charge in [-0.2, -0.15) is 13.2 Å². The van der Waals surface area contributed by atoms with Crippen LogP contribution in [0.4, 0.5) is 18.9 Å². The van der Waals surface area contributed by atoms with Gasteiger partial charge in [-0.1, -0.05) is 6.07 Å². The molecular weight excluding hydrogens is 371 g/mol. The lowest BCUT2D eigenvalue weighted by molar-refractivity contribution is -0.137. The summed E-state index contributed by atoms with van der Waals surface area (Å²) in [6.45, 7) is 3.90. The third-order valence-electron chi connectivity index (χ3n) is 6.30. The number of anilines is 1. The summed E-state index contributed by atoms with van der Waals surface area (Å²) < 4.78 is 38.2. The van der Waals surface area contributed by atoms with Crippen LogP contribution in [0.25, 0.3) is 0 Å². The number of benzene rings is 1. The van der Waals surface area contributed by atoms with Crippen molar-refractivity contribution >= 4 is 17.5 Å². The number of amides is 2. The maximum absolute atomic E-state index is 12.7. The largest absolute Gasteiger partial charge is 0.416 e. The average Bonchev–Trinajstić information content (AvgIpc) is 3.56. The molecule has 1 aromatic rings. The minimum Gasteiger partial charge on any atom is -0.347 e. The predicted octanol–water partition coefficient (Wildman–Crippen LogP) is 2.74. The zero-order valence-corrected chi connectivity index (χ0v) is 15.6. The van der Waals surface area contributed by atoms with E-state index < -0.39 is 17.6 Å². The summed E-state index contributed by atoms with van der Waals surface area (Å²) in [5, 5.41) is 5.02. The molecule has 1 aliphatic heterocycles. The fourth-order valence-corrected chi connectivity index (χ4v) is 4.42. The second kappa shape index (κ2) is 7.06. The third kappa shape index (κ3) is 4.01. The number of rotatable bonds is 6. The third-order valence-corrected chi connectivity index (χ3v) is 6.30. The highest BCUT2D eigenvalue weighted by atomic mass is 19.4.